The van der Waals surface area contributed by atoms with E-state index in [0.29, 0.717) is 18.1 Å². The van der Waals surface area contributed by atoms with E-state index < -0.39 is 0 Å². The molecule has 0 radical (unpaired) electrons. The monoisotopic (exact) mass is 325 g/mol. The smallest absolute Gasteiger partial charge is 0.247 e. The number of benzene rings is 2. The van der Waals surface area contributed by atoms with E-state index in [9.17, 15) is 5.21 Å². The van der Waals surface area contributed by atoms with Crippen molar-refractivity contribution < 1.29 is 4.73 Å². The van der Waals surface area contributed by atoms with Crippen LogP contribution in [0.15, 0.2) is 78.3 Å². The molecule has 0 amide bonds. The lowest BCUT2D eigenvalue weighted by Gasteiger charge is -2.06. The lowest BCUT2D eigenvalue weighted by molar-refractivity contribution is -0.604. The second kappa shape index (κ2) is 7.11. The Labute approximate surface area is 139 Å². The molecule has 1 heterocycles. The summed E-state index contributed by atoms with van der Waals surface area (Å²) < 4.78 is 2.59. The highest BCUT2D eigenvalue weighted by Gasteiger charge is 2.08. The fourth-order valence-corrected chi connectivity index (χ4v) is 2.54. The van der Waals surface area contributed by atoms with Crippen molar-refractivity contribution in [2.24, 2.45) is 4.99 Å². The van der Waals surface area contributed by atoms with Gasteiger partial charge in [0.1, 0.15) is 18.9 Å². The van der Waals surface area contributed by atoms with Crippen LogP contribution >= 0.6 is 11.6 Å². The summed E-state index contributed by atoms with van der Waals surface area (Å²) in [5.41, 5.74) is 3.01. The summed E-state index contributed by atoms with van der Waals surface area (Å²) in [4.78, 5) is 4.74. The molecule has 0 aliphatic rings. The van der Waals surface area contributed by atoms with Crippen molar-refractivity contribution in [1.29, 1.82) is 0 Å². The van der Waals surface area contributed by atoms with Gasteiger partial charge >= 0.3 is 0 Å². The van der Waals surface area contributed by atoms with Crippen LogP contribution in [-0.4, -0.2) is 10.3 Å². The molecule has 3 aromatic rings. The highest BCUT2D eigenvalue weighted by molar-refractivity contribution is 6.30. The molecule has 5 heteroatoms. The largest absolute Gasteiger partial charge is 0.711 e. The highest BCUT2D eigenvalue weighted by atomic mass is 35.5. The van der Waals surface area contributed by atoms with E-state index in [1.807, 2.05) is 59.2 Å². The fraction of sp³-hybridized carbons (Fsp3) is 0.111. The molecule has 0 spiro atoms. The zero-order chi connectivity index (χ0) is 16.1. The zero-order valence-electron chi connectivity index (χ0n) is 12.5. The Morgan fingerprint density at radius 2 is 1.96 bits per heavy atom. The van der Waals surface area contributed by atoms with Gasteiger partial charge in [0.05, 0.1) is 12.3 Å². The normalized spacial score (nSPS) is 11.6. The van der Waals surface area contributed by atoms with Crippen LogP contribution in [0.4, 0.5) is 0 Å². The van der Waals surface area contributed by atoms with E-state index in [2.05, 4.69) is 0 Å². The molecule has 0 saturated heterocycles. The number of aliphatic imine (C=N–C) groups is 1. The molecule has 0 unspecified atom stereocenters. The first-order chi connectivity index (χ1) is 11.2. The maximum atomic E-state index is 11.3. The minimum Gasteiger partial charge on any atom is -0.711 e. The number of halogens is 1. The summed E-state index contributed by atoms with van der Waals surface area (Å²) in [7, 11) is 0. The van der Waals surface area contributed by atoms with E-state index >= 15 is 0 Å². The van der Waals surface area contributed by atoms with Crippen LogP contribution in [0.25, 0.3) is 0 Å². The van der Waals surface area contributed by atoms with Gasteiger partial charge in [0.15, 0.2) is 0 Å². The summed E-state index contributed by atoms with van der Waals surface area (Å²) in [6.07, 6.45) is 4.71. The lowest BCUT2D eigenvalue weighted by atomic mass is 10.1. The Hall–Kier alpha value is -2.59. The summed E-state index contributed by atoms with van der Waals surface area (Å²) in [6.45, 7) is 1.09. The van der Waals surface area contributed by atoms with E-state index in [0.717, 1.165) is 21.6 Å². The number of hydrogen-bond acceptors (Lipinski definition) is 2. The number of hydrogen-bond donors (Lipinski definition) is 0. The predicted octanol–water partition coefficient (Wildman–Crippen LogP) is 3.46. The molecule has 4 nitrogen and oxygen atoms in total. The maximum absolute atomic E-state index is 11.3. The van der Waals surface area contributed by atoms with Crippen molar-refractivity contribution in [3.8, 4) is 0 Å². The van der Waals surface area contributed by atoms with E-state index in [1.165, 1.54) is 12.5 Å². The Bertz CT molecular complexity index is 812. The number of aromatic nitrogens is 2. The summed E-state index contributed by atoms with van der Waals surface area (Å²) >= 11 is 6.02. The molecule has 0 atom stereocenters. The standard InChI is InChI=1S/C18H16ClN3O/c19-17-8-4-5-15(11-17)12-20-18(16-6-2-1-3-7-16)13-21-9-10-22(23)14-21/h1-11,14H,12-13H2. The van der Waals surface area contributed by atoms with Crippen LogP contribution in [0.1, 0.15) is 11.1 Å². The van der Waals surface area contributed by atoms with Gasteiger partial charge in [-0.05, 0) is 23.3 Å². The quantitative estimate of drug-likeness (QED) is 0.402. The van der Waals surface area contributed by atoms with Crippen LogP contribution in [-0.2, 0) is 13.1 Å². The molecule has 0 N–H and O–H groups in total. The van der Waals surface area contributed by atoms with Crippen molar-refractivity contribution in [3.63, 3.8) is 0 Å². The molecule has 0 aliphatic carbocycles. The molecule has 3 rings (SSSR count). The Balaban J connectivity index is 1.86. The minimum absolute atomic E-state index is 0.541. The van der Waals surface area contributed by atoms with E-state index in [4.69, 9.17) is 16.6 Å². The van der Waals surface area contributed by atoms with Crippen molar-refractivity contribution >= 4 is 17.3 Å². The third kappa shape index (κ3) is 4.20. The van der Waals surface area contributed by atoms with E-state index in [-0.39, 0.29) is 0 Å². The second-order valence-corrected chi connectivity index (χ2v) is 5.64. The van der Waals surface area contributed by atoms with Crippen LogP contribution in [0, 0.1) is 5.21 Å². The van der Waals surface area contributed by atoms with Crippen LogP contribution in [0.3, 0.4) is 0 Å². The molecule has 0 bridgehead atoms. The van der Waals surface area contributed by atoms with Crippen molar-refractivity contribution in [2.45, 2.75) is 13.1 Å². The average Bonchev–Trinajstić information content (AvgIpc) is 2.97. The van der Waals surface area contributed by atoms with Gasteiger partial charge < -0.3 is 5.21 Å². The molecular formula is C18H16ClN3O. The van der Waals surface area contributed by atoms with Gasteiger partial charge in [-0.25, -0.2) is 9.30 Å². The van der Waals surface area contributed by atoms with Crippen molar-refractivity contribution in [1.82, 2.24) is 4.57 Å². The Kier molecular flexibility index (Phi) is 4.74. The Morgan fingerprint density at radius 3 is 2.65 bits per heavy atom. The third-order valence-corrected chi connectivity index (χ3v) is 3.68. The number of rotatable bonds is 5. The number of imidazole rings is 1. The maximum Gasteiger partial charge on any atom is 0.247 e. The Morgan fingerprint density at radius 1 is 1.13 bits per heavy atom. The van der Waals surface area contributed by atoms with Gasteiger partial charge in [0, 0.05) is 5.02 Å². The first-order valence-electron chi connectivity index (χ1n) is 7.28. The van der Waals surface area contributed by atoms with Crippen molar-refractivity contribution in [3.05, 3.63) is 94.7 Å². The van der Waals surface area contributed by atoms with E-state index in [1.54, 1.807) is 6.20 Å². The number of nitrogens with zero attached hydrogens (tertiary/aromatic N) is 3. The van der Waals surface area contributed by atoms with Gasteiger partial charge in [0.2, 0.25) is 6.33 Å². The SMILES string of the molecule is [O-][n+]1ccn(CC(=NCc2cccc(Cl)c2)c2ccccc2)c1. The first kappa shape index (κ1) is 15.3. The van der Waals surface area contributed by atoms with Gasteiger partial charge in [0.25, 0.3) is 0 Å². The highest BCUT2D eigenvalue weighted by Crippen LogP contribution is 2.12. The molecule has 0 saturated carbocycles. The molecule has 2 aromatic carbocycles. The first-order valence-corrected chi connectivity index (χ1v) is 7.66. The molecule has 1 aromatic heterocycles. The predicted molar refractivity (Wildman–Crippen MR) is 91.5 cm³/mol. The van der Waals surface area contributed by atoms with Crippen LogP contribution in [0.5, 0.6) is 0 Å². The summed E-state index contributed by atoms with van der Waals surface area (Å²) in [6, 6.07) is 17.6. The molecule has 0 fully saturated rings. The van der Waals surface area contributed by atoms with Crippen molar-refractivity contribution in [2.75, 3.05) is 0 Å². The molecule has 23 heavy (non-hydrogen) atoms. The third-order valence-electron chi connectivity index (χ3n) is 3.45. The summed E-state index contributed by atoms with van der Waals surface area (Å²) in [5.74, 6) is 0. The van der Waals surface area contributed by atoms with Gasteiger partial charge in [-0.3, -0.25) is 4.99 Å². The fourth-order valence-electron chi connectivity index (χ4n) is 2.33. The van der Waals surface area contributed by atoms with Crippen LogP contribution in [0.2, 0.25) is 5.02 Å². The zero-order valence-corrected chi connectivity index (χ0v) is 13.2. The van der Waals surface area contributed by atoms with Gasteiger partial charge in [-0.1, -0.05) is 54.1 Å². The summed E-state index contributed by atoms with van der Waals surface area (Å²) in [5, 5.41) is 12.0. The van der Waals surface area contributed by atoms with Gasteiger partial charge in [-0.2, -0.15) is 0 Å². The molecule has 116 valence electrons. The topological polar surface area (TPSA) is 44.2 Å². The molecular weight excluding hydrogens is 310 g/mol. The van der Waals surface area contributed by atoms with Crippen LogP contribution < -0.4 is 4.73 Å². The molecule has 0 aliphatic heterocycles. The van der Waals surface area contributed by atoms with Gasteiger partial charge in [-0.15, -0.1) is 0 Å². The average molecular weight is 326 g/mol. The second-order valence-electron chi connectivity index (χ2n) is 5.20. The minimum atomic E-state index is 0.541. The lowest BCUT2D eigenvalue weighted by Crippen LogP contribution is -2.22.